The second-order valence-electron chi connectivity index (χ2n) is 4.78. The van der Waals surface area contributed by atoms with E-state index >= 15 is 0 Å². The Morgan fingerprint density at radius 1 is 1.42 bits per heavy atom. The Hall–Kier alpha value is -2.14. The number of hydrogen-bond donors (Lipinski definition) is 2. The third-order valence-electron chi connectivity index (χ3n) is 2.94. The number of imidazole rings is 1. The topological polar surface area (TPSA) is 72.9 Å². The summed E-state index contributed by atoms with van der Waals surface area (Å²) in [6, 6.07) is 7.04. The maximum Gasteiger partial charge on any atom is 0.241 e. The van der Waals surface area contributed by atoms with Gasteiger partial charge in [-0.05, 0) is 24.1 Å². The largest absolute Gasteiger partial charge is 0.325 e. The van der Waals surface area contributed by atoms with Gasteiger partial charge in [0.15, 0.2) is 0 Å². The molecule has 0 bridgehead atoms. The monoisotopic (exact) mass is 258 g/mol. The molecule has 1 aromatic heterocycles. The van der Waals surface area contributed by atoms with Crippen LogP contribution >= 0.6 is 0 Å². The molecule has 3 N–H and O–H groups in total. The molecule has 2 aromatic rings. The molecule has 0 aliphatic rings. The van der Waals surface area contributed by atoms with E-state index in [2.05, 4.69) is 10.3 Å². The molecule has 0 spiro atoms. The number of aromatic nitrogens is 2. The van der Waals surface area contributed by atoms with Gasteiger partial charge >= 0.3 is 0 Å². The SMILES string of the molecule is CC(C)[C@@H](N)C(=O)Nc1cccc(-n2ccnc2)c1. The Labute approximate surface area is 112 Å². The molecule has 1 atom stereocenters. The number of hydrogen-bond acceptors (Lipinski definition) is 3. The van der Waals surface area contributed by atoms with Crippen LogP contribution in [0.25, 0.3) is 5.69 Å². The van der Waals surface area contributed by atoms with Gasteiger partial charge in [0, 0.05) is 23.8 Å². The van der Waals surface area contributed by atoms with E-state index in [1.807, 2.05) is 48.9 Å². The zero-order valence-electron chi connectivity index (χ0n) is 11.1. The summed E-state index contributed by atoms with van der Waals surface area (Å²) < 4.78 is 1.87. The van der Waals surface area contributed by atoms with Crippen LogP contribution < -0.4 is 11.1 Å². The van der Waals surface area contributed by atoms with Crippen LogP contribution in [0.1, 0.15) is 13.8 Å². The van der Waals surface area contributed by atoms with Gasteiger partial charge in [-0.1, -0.05) is 19.9 Å². The summed E-state index contributed by atoms with van der Waals surface area (Å²) >= 11 is 0. The lowest BCUT2D eigenvalue weighted by Gasteiger charge is -2.15. The lowest BCUT2D eigenvalue weighted by atomic mass is 10.0. The van der Waals surface area contributed by atoms with Crippen molar-refractivity contribution in [3.63, 3.8) is 0 Å². The molecular weight excluding hydrogens is 240 g/mol. The number of nitrogens with two attached hydrogens (primary N) is 1. The van der Waals surface area contributed by atoms with E-state index < -0.39 is 6.04 Å². The molecule has 0 radical (unpaired) electrons. The number of amides is 1. The Morgan fingerprint density at radius 3 is 2.84 bits per heavy atom. The third kappa shape index (κ3) is 3.20. The van der Waals surface area contributed by atoms with E-state index in [-0.39, 0.29) is 11.8 Å². The van der Waals surface area contributed by atoms with E-state index in [9.17, 15) is 4.79 Å². The molecule has 0 aliphatic heterocycles. The number of rotatable bonds is 4. The van der Waals surface area contributed by atoms with Crippen LogP contribution in [0.3, 0.4) is 0 Å². The summed E-state index contributed by atoms with van der Waals surface area (Å²) in [4.78, 5) is 15.9. The fourth-order valence-electron chi connectivity index (χ4n) is 1.68. The van der Waals surface area contributed by atoms with Gasteiger partial charge < -0.3 is 15.6 Å². The maximum absolute atomic E-state index is 11.9. The van der Waals surface area contributed by atoms with E-state index in [4.69, 9.17) is 5.73 Å². The highest BCUT2D eigenvalue weighted by atomic mass is 16.2. The molecule has 0 saturated heterocycles. The van der Waals surface area contributed by atoms with Crippen LogP contribution in [0.2, 0.25) is 0 Å². The third-order valence-corrected chi connectivity index (χ3v) is 2.94. The lowest BCUT2D eigenvalue weighted by Crippen LogP contribution is -2.39. The second kappa shape index (κ2) is 5.67. The van der Waals surface area contributed by atoms with Gasteiger partial charge in [-0.15, -0.1) is 0 Å². The van der Waals surface area contributed by atoms with Crippen molar-refractivity contribution in [1.82, 2.24) is 9.55 Å². The summed E-state index contributed by atoms with van der Waals surface area (Å²) in [6.07, 6.45) is 5.27. The predicted molar refractivity (Wildman–Crippen MR) is 75.0 cm³/mol. The summed E-state index contributed by atoms with van der Waals surface area (Å²) in [5.41, 5.74) is 7.48. The molecule has 100 valence electrons. The Morgan fingerprint density at radius 2 is 2.21 bits per heavy atom. The van der Waals surface area contributed by atoms with E-state index in [0.29, 0.717) is 0 Å². The Kier molecular flexibility index (Phi) is 3.97. The summed E-state index contributed by atoms with van der Waals surface area (Å²) in [7, 11) is 0. The van der Waals surface area contributed by atoms with Crippen molar-refractivity contribution in [1.29, 1.82) is 0 Å². The molecule has 0 fully saturated rings. The first-order chi connectivity index (χ1) is 9.08. The molecule has 5 heteroatoms. The van der Waals surface area contributed by atoms with Crippen molar-refractivity contribution >= 4 is 11.6 Å². The standard InChI is InChI=1S/C14H18N4O/c1-10(2)13(15)14(19)17-11-4-3-5-12(8-11)18-7-6-16-9-18/h3-10,13H,15H2,1-2H3,(H,17,19)/t13-/m1/s1. The van der Waals surface area contributed by atoms with Crippen molar-refractivity contribution in [2.24, 2.45) is 11.7 Å². The number of nitrogens with one attached hydrogen (secondary N) is 1. The first-order valence-electron chi connectivity index (χ1n) is 6.23. The molecule has 1 amide bonds. The van der Waals surface area contributed by atoms with Crippen LogP contribution in [-0.2, 0) is 4.79 Å². The minimum Gasteiger partial charge on any atom is -0.325 e. The van der Waals surface area contributed by atoms with Crippen LogP contribution in [0.5, 0.6) is 0 Å². The number of carbonyl (C=O) groups is 1. The molecular formula is C14H18N4O. The Bertz CT molecular complexity index is 548. The molecule has 1 aromatic carbocycles. The van der Waals surface area contributed by atoms with E-state index in [0.717, 1.165) is 11.4 Å². The molecule has 0 unspecified atom stereocenters. The van der Waals surface area contributed by atoms with Crippen molar-refractivity contribution in [3.8, 4) is 5.69 Å². The van der Waals surface area contributed by atoms with Crippen LogP contribution in [0, 0.1) is 5.92 Å². The van der Waals surface area contributed by atoms with E-state index in [1.165, 1.54) is 0 Å². The first kappa shape index (κ1) is 13.3. The van der Waals surface area contributed by atoms with Crippen molar-refractivity contribution < 1.29 is 4.79 Å². The van der Waals surface area contributed by atoms with Gasteiger partial charge in [-0.2, -0.15) is 0 Å². The Balaban J connectivity index is 2.14. The first-order valence-corrected chi connectivity index (χ1v) is 6.23. The summed E-state index contributed by atoms with van der Waals surface area (Å²) in [5.74, 6) is -0.0605. The zero-order chi connectivity index (χ0) is 13.8. The highest BCUT2D eigenvalue weighted by Gasteiger charge is 2.17. The fourth-order valence-corrected chi connectivity index (χ4v) is 1.68. The average molecular weight is 258 g/mol. The molecule has 2 rings (SSSR count). The van der Waals surface area contributed by atoms with Crippen LogP contribution in [-0.4, -0.2) is 21.5 Å². The fraction of sp³-hybridized carbons (Fsp3) is 0.286. The maximum atomic E-state index is 11.9. The highest BCUT2D eigenvalue weighted by molar-refractivity contribution is 5.95. The van der Waals surface area contributed by atoms with Crippen LogP contribution in [0.15, 0.2) is 43.0 Å². The minimum atomic E-state index is -0.503. The summed E-state index contributed by atoms with van der Waals surface area (Å²) in [5, 5.41) is 2.83. The second-order valence-corrected chi connectivity index (χ2v) is 4.78. The normalized spacial score (nSPS) is 12.4. The molecule has 0 saturated carbocycles. The van der Waals surface area contributed by atoms with Crippen molar-refractivity contribution in [2.45, 2.75) is 19.9 Å². The highest BCUT2D eigenvalue weighted by Crippen LogP contribution is 2.15. The van der Waals surface area contributed by atoms with Gasteiger partial charge in [-0.25, -0.2) is 4.98 Å². The van der Waals surface area contributed by atoms with Gasteiger partial charge in [0.25, 0.3) is 0 Å². The molecule has 5 nitrogen and oxygen atoms in total. The average Bonchev–Trinajstić information content (AvgIpc) is 2.91. The number of benzene rings is 1. The van der Waals surface area contributed by atoms with Crippen molar-refractivity contribution in [2.75, 3.05) is 5.32 Å². The van der Waals surface area contributed by atoms with Gasteiger partial charge in [-0.3, -0.25) is 4.79 Å². The smallest absolute Gasteiger partial charge is 0.241 e. The van der Waals surface area contributed by atoms with E-state index in [1.54, 1.807) is 12.5 Å². The number of nitrogens with zero attached hydrogens (tertiary/aromatic N) is 2. The predicted octanol–water partition coefficient (Wildman–Crippen LogP) is 1.79. The molecule has 19 heavy (non-hydrogen) atoms. The van der Waals surface area contributed by atoms with Gasteiger partial charge in [0.05, 0.1) is 12.4 Å². The minimum absolute atomic E-state index is 0.108. The lowest BCUT2D eigenvalue weighted by molar-refractivity contribution is -0.118. The molecule has 0 aliphatic carbocycles. The molecule has 1 heterocycles. The van der Waals surface area contributed by atoms with Crippen LogP contribution in [0.4, 0.5) is 5.69 Å². The summed E-state index contributed by atoms with van der Waals surface area (Å²) in [6.45, 7) is 3.85. The van der Waals surface area contributed by atoms with Crippen molar-refractivity contribution in [3.05, 3.63) is 43.0 Å². The zero-order valence-corrected chi connectivity index (χ0v) is 11.1. The number of carbonyl (C=O) groups excluding carboxylic acids is 1. The quantitative estimate of drug-likeness (QED) is 0.878. The van der Waals surface area contributed by atoms with Gasteiger partial charge in [0.2, 0.25) is 5.91 Å². The van der Waals surface area contributed by atoms with Gasteiger partial charge in [0.1, 0.15) is 0 Å². The number of anilines is 1.